The van der Waals surface area contributed by atoms with Gasteiger partial charge in [0.25, 0.3) is 5.91 Å². The van der Waals surface area contributed by atoms with E-state index in [2.05, 4.69) is 15.3 Å². The molecule has 2 aromatic rings. The van der Waals surface area contributed by atoms with Gasteiger partial charge in [0.1, 0.15) is 17.2 Å². The van der Waals surface area contributed by atoms with Gasteiger partial charge in [-0.15, -0.1) is 0 Å². The summed E-state index contributed by atoms with van der Waals surface area (Å²) in [5.74, 6) is 1.50. The van der Waals surface area contributed by atoms with Gasteiger partial charge in [0, 0.05) is 25.4 Å². The molecule has 0 saturated carbocycles. The number of hydrogen-bond donors (Lipinski definition) is 1. The Hall–Kier alpha value is -2.83. The highest BCUT2D eigenvalue weighted by Gasteiger charge is 2.15. The van der Waals surface area contributed by atoms with Gasteiger partial charge in [0.2, 0.25) is 5.95 Å². The molecule has 2 rings (SSSR count). The normalized spacial score (nSPS) is 10.2. The van der Waals surface area contributed by atoms with Crippen molar-refractivity contribution < 1.29 is 14.3 Å². The van der Waals surface area contributed by atoms with Crippen molar-refractivity contribution >= 4 is 17.5 Å². The molecule has 0 aliphatic heterocycles. The average Bonchev–Trinajstić information content (AvgIpc) is 2.62. The van der Waals surface area contributed by atoms with Crippen LogP contribution in [0.25, 0.3) is 0 Å². The van der Waals surface area contributed by atoms with Crippen LogP contribution in [-0.4, -0.2) is 48.1 Å². The lowest BCUT2D eigenvalue weighted by Gasteiger charge is -2.18. The average molecular weight is 330 g/mol. The summed E-state index contributed by atoms with van der Waals surface area (Å²) >= 11 is 0. The lowest BCUT2D eigenvalue weighted by atomic mass is 10.2. The molecular formula is C17H22N4O3. The maximum Gasteiger partial charge on any atom is 0.272 e. The summed E-state index contributed by atoms with van der Waals surface area (Å²) in [6.45, 7) is 5.13. The van der Waals surface area contributed by atoms with Crippen molar-refractivity contribution in [3.63, 3.8) is 0 Å². The van der Waals surface area contributed by atoms with E-state index >= 15 is 0 Å². The summed E-state index contributed by atoms with van der Waals surface area (Å²) in [5.41, 5.74) is 1.00. The Labute approximate surface area is 141 Å². The SMILES string of the molecule is CCN(CC)C(=O)c1ccnc(Nc2cc(OC)ccc2OC)n1. The van der Waals surface area contributed by atoms with E-state index < -0.39 is 0 Å². The molecule has 0 aliphatic carbocycles. The first-order valence-electron chi connectivity index (χ1n) is 7.74. The predicted octanol–water partition coefficient (Wildman–Crippen LogP) is 2.72. The first-order valence-corrected chi connectivity index (χ1v) is 7.74. The van der Waals surface area contributed by atoms with Gasteiger partial charge in [-0.05, 0) is 32.0 Å². The molecule has 0 saturated heterocycles. The second-order valence-corrected chi connectivity index (χ2v) is 4.93. The predicted molar refractivity (Wildman–Crippen MR) is 92.1 cm³/mol. The summed E-state index contributed by atoms with van der Waals surface area (Å²) in [6.07, 6.45) is 1.55. The van der Waals surface area contributed by atoms with Gasteiger partial charge in [-0.25, -0.2) is 9.97 Å². The maximum absolute atomic E-state index is 12.4. The number of benzene rings is 1. The molecule has 0 bridgehead atoms. The van der Waals surface area contributed by atoms with Gasteiger partial charge in [-0.2, -0.15) is 0 Å². The molecule has 1 amide bonds. The number of nitrogens with zero attached hydrogens (tertiary/aromatic N) is 3. The van der Waals surface area contributed by atoms with Crippen molar-refractivity contribution in [1.29, 1.82) is 0 Å². The van der Waals surface area contributed by atoms with Crippen LogP contribution in [0.2, 0.25) is 0 Å². The summed E-state index contributed by atoms with van der Waals surface area (Å²) in [7, 11) is 3.17. The van der Waals surface area contributed by atoms with Crippen molar-refractivity contribution in [3.05, 3.63) is 36.2 Å². The van der Waals surface area contributed by atoms with Crippen LogP contribution in [0.3, 0.4) is 0 Å². The lowest BCUT2D eigenvalue weighted by Crippen LogP contribution is -2.31. The minimum Gasteiger partial charge on any atom is -0.497 e. The summed E-state index contributed by atoms with van der Waals surface area (Å²) in [4.78, 5) is 22.6. The molecule has 0 fully saturated rings. The van der Waals surface area contributed by atoms with Crippen LogP contribution in [-0.2, 0) is 0 Å². The van der Waals surface area contributed by atoms with Crippen LogP contribution >= 0.6 is 0 Å². The van der Waals surface area contributed by atoms with Gasteiger partial charge >= 0.3 is 0 Å². The molecule has 24 heavy (non-hydrogen) atoms. The minimum absolute atomic E-state index is 0.122. The molecule has 0 aliphatic rings. The molecular weight excluding hydrogens is 308 g/mol. The van der Waals surface area contributed by atoms with Crippen LogP contribution < -0.4 is 14.8 Å². The highest BCUT2D eigenvalue weighted by molar-refractivity contribution is 5.92. The second-order valence-electron chi connectivity index (χ2n) is 4.93. The summed E-state index contributed by atoms with van der Waals surface area (Å²) in [5, 5.41) is 3.07. The van der Waals surface area contributed by atoms with Crippen LogP contribution in [0.5, 0.6) is 11.5 Å². The van der Waals surface area contributed by atoms with Crippen LogP contribution in [0.15, 0.2) is 30.5 Å². The third kappa shape index (κ3) is 3.92. The number of anilines is 2. The number of ether oxygens (including phenoxy) is 2. The van der Waals surface area contributed by atoms with E-state index in [0.29, 0.717) is 41.9 Å². The number of carbonyl (C=O) groups excluding carboxylic acids is 1. The van der Waals surface area contributed by atoms with E-state index in [1.54, 1.807) is 49.6 Å². The van der Waals surface area contributed by atoms with E-state index in [9.17, 15) is 4.79 Å². The number of amides is 1. The Kier molecular flexibility index (Phi) is 5.95. The molecule has 0 radical (unpaired) electrons. The Balaban J connectivity index is 2.28. The number of methoxy groups -OCH3 is 2. The van der Waals surface area contributed by atoms with Crippen LogP contribution in [0.4, 0.5) is 11.6 Å². The highest BCUT2D eigenvalue weighted by Crippen LogP contribution is 2.30. The third-order valence-electron chi connectivity index (χ3n) is 3.58. The van der Waals surface area contributed by atoms with Crippen molar-refractivity contribution in [2.45, 2.75) is 13.8 Å². The fraction of sp³-hybridized carbons (Fsp3) is 0.353. The Morgan fingerprint density at radius 3 is 2.54 bits per heavy atom. The zero-order valence-electron chi connectivity index (χ0n) is 14.4. The molecule has 1 heterocycles. The van der Waals surface area contributed by atoms with E-state index in [-0.39, 0.29) is 5.91 Å². The number of aromatic nitrogens is 2. The molecule has 1 aromatic carbocycles. The molecule has 1 N–H and O–H groups in total. The Bertz CT molecular complexity index is 702. The molecule has 0 unspecified atom stereocenters. The van der Waals surface area contributed by atoms with E-state index in [1.165, 1.54) is 0 Å². The number of carbonyl (C=O) groups is 1. The smallest absolute Gasteiger partial charge is 0.272 e. The van der Waals surface area contributed by atoms with Gasteiger partial charge < -0.3 is 19.7 Å². The standard InChI is InChI=1S/C17H22N4O3/c1-5-21(6-2)16(22)13-9-10-18-17(19-13)20-14-11-12(23-3)7-8-15(14)24-4/h7-11H,5-6H2,1-4H3,(H,18,19,20). The van der Waals surface area contributed by atoms with Gasteiger partial charge in [-0.1, -0.05) is 0 Å². The number of nitrogens with one attached hydrogen (secondary N) is 1. The first-order chi connectivity index (χ1) is 11.6. The van der Waals surface area contributed by atoms with Crippen molar-refractivity contribution in [3.8, 4) is 11.5 Å². The number of rotatable bonds is 7. The van der Waals surface area contributed by atoms with Crippen LogP contribution in [0.1, 0.15) is 24.3 Å². The first kappa shape index (κ1) is 17.5. The fourth-order valence-corrected chi connectivity index (χ4v) is 2.24. The fourth-order valence-electron chi connectivity index (χ4n) is 2.24. The maximum atomic E-state index is 12.4. The molecule has 7 nitrogen and oxygen atoms in total. The highest BCUT2D eigenvalue weighted by atomic mass is 16.5. The molecule has 128 valence electrons. The Morgan fingerprint density at radius 1 is 1.17 bits per heavy atom. The number of hydrogen-bond acceptors (Lipinski definition) is 6. The van der Waals surface area contributed by atoms with E-state index in [1.807, 2.05) is 13.8 Å². The van der Waals surface area contributed by atoms with Gasteiger partial charge in [0.15, 0.2) is 0 Å². The van der Waals surface area contributed by atoms with Gasteiger partial charge in [-0.3, -0.25) is 4.79 Å². The second kappa shape index (κ2) is 8.14. The molecule has 0 spiro atoms. The molecule has 0 atom stereocenters. The third-order valence-corrected chi connectivity index (χ3v) is 3.58. The summed E-state index contributed by atoms with van der Waals surface area (Å²) in [6, 6.07) is 6.97. The van der Waals surface area contributed by atoms with Crippen LogP contribution in [0, 0.1) is 0 Å². The zero-order chi connectivity index (χ0) is 17.5. The van der Waals surface area contributed by atoms with Crippen molar-refractivity contribution in [2.75, 3.05) is 32.6 Å². The van der Waals surface area contributed by atoms with E-state index in [0.717, 1.165) is 0 Å². The largest absolute Gasteiger partial charge is 0.497 e. The van der Waals surface area contributed by atoms with E-state index in [4.69, 9.17) is 9.47 Å². The topological polar surface area (TPSA) is 76.6 Å². The quantitative estimate of drug-likeness (QED) is 0.841. The van der Waals surface area contributed by atoms with Crippen molar-refractivity contribution in [2.24, 2.45) is 0 Å². The van der Waals surface area contributed by atoms with Gasteiger partial charge in [0.05, 0.1) is 19.9 Å². The Morgan fingerprint density at radius 2 is 1.92 bits per heavy atom. The monoisotopic (exact) mass is 330 g/mol. The zero-order valence-corrected chi connectivity index (χ0v) is 14.4. The lowest BCUT2D eigenvalue weighted by molar-refractivity contribution is 0.0767. The molecule has 7 heteroatoms. The van der Waals surface area contributed by atoms with Crippen molar-refractivity contribution in [1.82, 2.24) is 14.9 Å². The summed E-state index contributed by atoms with van der Waals surface area (Å²) < 4.78 is 10.5. The minimum atomic E-state index is -0.122. The molecule has 1 aromatic heterocycles.